The number of halogens is 4. The minimum atomic E-state index is -4.70. The van der Waals surface area contributed by atoms with E-state index in [2.05, 4.69) is 19.6 Å². The van der Waals surface area contributed by atoms with E-state index in [0.717, 1.165) is 6.07 Å². The third-order valence-corrected chi connectivity index (χ3v) is 4.71. The lowest BCUT2D eigenvalue weighted by Gasteiger charge is -2.36. The van der Waals surface area contributed by atoms with Gasteiger partial charge in [-0.25, -0.2) is 14.2 Å². The lowest BCUT2D eigenvalue weighted by atomic mass is 9.84. The Kier molecular flexibility index (Phi) is 5.48. The standard InChI is InChI=1S/C20H16F4N4O2/c1-19(9-17(20(22,23)24)30-18(25)28-19)13-7-11(3-5-14(13)21)8-16(29)15-6-4-12(26-2)10-27-15/h3-7,10,17H,8-9H2,1H3,(H2,25,28)/t17-,19-/m0/s1. The number of rotatable bonds is 4. The Balaban J connectivity index is 1.90. The molecule has 0 unspecified atom stereocenters. The van der Waals surface area contributed by atoms with Crippen LogP contribution in [-0.4, -0.2) is 29.1 Å². The van der Waals surface area contributed by atoms with Crippen molar-refractivity contribution in [3.8, 4) is 0 Å². The number of carbonyl (C=O) groups is 1. The molecule has 2 aromatic rings. The van der Waals surface area contributed by atoms with Crippen molar-refractivity contribution in [3.05, 3.63) is 70.6 Å². The van der Waals surface area contributed by atoms with Crippen LogP contribution in [0.1, 0.15) is 35.0 Å². The third kappa shape index (κ3) is 4.40. The van der Waals surface area contributed by atoms with Gasteiger partial charge in [-0.1, -0.05) is 12.1 Å². The lowest BCUT2D eigenvalue weighted by molar-refractivity contribution is -0.208. The van der Waals surface area contributed by atoms with Gasteiger partial charge >= 0.3 is 6.18 Å². The largest absolute Gasteiger partial charge is 0.452 e. The second-order valence-electron chi connectivity index (χ2n) is 7.00. The molecule has 6 nitrogen and oxygen atoms in total. The van der Waals surface area contributed by atoms with Gasteiger partial charge in [0.1, 0.15) is 11.5 Å². The van der Waals surface area contributed by atoms with Gasteiger partial charge in [0.2, 0.25) is 5.69 Å². The first-order valence-electron chi connectivity index (χ1n) is 8.76. The summed E-state index contributed by atoms with van der Waals surface area (Å²) in [5.41, 5.74) is 4.44. The molecule has 2 atom stereocenters. The van der Waals surface area contributed by atoms with Crippen LogP contribution in [0.15, 0.2) is 41.5 Å². The van der Waals surface area contributed by atoms with Crippen LogP contribution in [0.5, 0.6) is 0 Å². The zero-order valence-electron chi connectivity index (χ0n) is 15.7. The summed E-state index contributed by atoms with van der Waals surface area (Å²) in [7, 11) is 0. The molecular weight excluding hydrogens is 404 g/mol. The molecule has 0 saturated heterocycles. The van der Waals surface area contributed by atoms with Crippen molar-refractivity contribution in [2.45, 2.75) is 37.6 Å². The summed E-state index contributed by atoms with van der Waals surface area (Å²) in [4.78, 5) is 23.5. The molecule has 10 heteroatoms. The summed E-state index contributed by atoms with van der Waals surface area (Å²) >= 11 is 0. The maximum atomic E-state index is 14.5. The lowest BCUT2D eigenvalue weighted by Crippen LogP contribution is -2.46. The fourth-order valence-electron chi connectivity index (χ4n) is 3.20. The van der Waals surface area contributed by atoms with Gasteiger partial charge in [-0.05, 0) is 30.7 Å². The number of nitrogens with two attached hydrogens (primary N) is 1. The van der Waals surface area contributed by atoms with Crippen molar-refractivity contribution in [1.82, 2.24) is 4.98 Å². The van der Waals surface area contributed by atoms with Gasteiger partial charge in [0, 0.05) is 24.6 Å². The molecule has 2 N–H and O–H groups in total. The number of amidine groups is 1. The highest BCUT2D eigenvalue weighted by Crippen LogP contribution is 2.41. The molecule has 156 valence electrons. The quantitative estimate of drug-likeness (QED) is 0.459. The Labute approximate surface area is 169 Å². The van der Waals surface area contributed by atoms with Crippen molar-refractivity contribution in [3.63, 3.8) is 0 Å². The first-order valence-corrected chi connectivity index (χ1v) is 8.76. The Hall–Kier alpha value is -3.48. The average Bonchev–Trinajstić information content (AvgIpc) is 2.68. The van der Waals surface area contributed by atoms with Crippen molar-refractivity contribution in [1.29, 1.82) is 0 Å². The summed E-state index contributed by atoms with van der Waals surface area (Å²) in [6, 6.07) is 5.90. The van der Waals surface area contributed by atoms with E-state index in [0.29, 0.717) is 5.56 Å². The number of nitrogens with zero attached hydrogens (tertiary/aromatic N) is 3. The van der Waals surface area contributed by atoms with Crippen LogP contribution in [0.25, 0.3) is 4.85 Å². The van der Waals surface area contributed by atoms with E-state index < -0.39 is 41.9 Å². The number of Topliss-reactive ketones (excluding diaryl/α,β-unsaturated/α-hetero) is 1. The summed E-state index contributed by atoms with van der Waals surface area (Å²) in [5.74, 6) is -1.16. The monoisotopic (exact) mass is 420 g/mol. The van der Waals surface area contributed by atoms with Gasteiger partial charge in [0.15, 0.2) is 11.9 Å². The molecule has 30 heavy (non-hydrogen) atoms. The number of ether oxygens (including phenoxy) is 1. The van der Waals surface area contributed by atoms with Crippen molar-refractivity contribution in [2.24, 2.45) is 10.7 Å². The number of carbonyl (C=O) groups excluding carboxylic acids is 1. The molecule has 0 saturated carbocycles. The molecule has 0 radical (unpaired) electrons. The van der Waals surface area contributed by atoms with Crippen LogP contribution in [0.2, 0.25) is 0 Å². The first kappa shape index (κ1) is 21.2. The van der Waals surface area contributed by atoms with E-state index in [1.54, 1.807) is 0 Å². The van der Waals surface area contributed by atoms with Gasteiger partial charge in [0.25, 0.3) is 6.02 Å². The van der Waals surface area contributed by atoms with Crippen LogP contribution in [0.4, 0.5) is 23.2 Å². The second-order valence-corrected chi connectivity index (χ2v) is 7.00. The summed E-state index contributed by atoms with van der Waals surface area (Å²) in [6.45, 7) is 8.22. The number of hydrogen-bond acceptors (Lipinski definition) is 5. The molecule has 0 spiro atoms. The Morgan fingerprint density at radius 2 is 2.10 bits per heavy atom. The number of aromatic nitrogens is 1. The molecule has 1 aromatic carbocycles. The number of alkyl halides is 3. The summed E-state index contributed by atoms with van der Waals surface area (Å²) in [5, 5.41) is 0. The molecule has 1 aromatic heterocycles. The molecule has 0 amide bonds. The zero-order valence-corrected chi connectivity index (χ0v) is 15.7. The number of hydrogen-bond donors (Lipinski definition) is 1. The molecule has 1 aliphatic rings. The maximum absolute atomic E-state index is 14.5. The maximum Gasteiger partial charge on any atom is 0.425 e. The minimum Gasteiger partial charge on any atom is -0.452 e. The summed E-state index contributed by atoms with van der Waals surface area (Å²) in [6.07, 6.45) is -6.49. The Bertz CT molecular complexity index is 1040. The fraction of sp³-hybridized carbons (Fsp3) is 0.300. The van der Waals surface area contributed by atoms with Crippen LogP contribution in [-0.2, 0) is 16.7 Å². The van der Waals surface area contributed by atoms with Crippen LogP contribution in [0, 0.1) is 12.4 Å². The molecule has 0 bridgehead atoms. The average molecular weight is 420 g/mol. The SMILES string of the molecule is [C-]#[N+]c1ccc(C(=O)Cc2ccc(F)c([C@]3(C)C[C@@H](C(F)(F)F)OC(N)=N3)c2)nc1. The van der Waals surface area contributed by atoms with Crippen molar-refractivity contribution >= 4 is 17.5 Å². The number of ketones is 1. The fourth-order valence-corrected chi connectivity index (χ4v) is 3.20. The topological polar surface area (TPSA) is 81.9 Å². The van der Waals surface area contributed by atoms with Crippen LogP contribution < -0.4 is 5.73 Å². The predicted octanol–water partition coefficient (Wildman–Crippen LogP) is 4.08. The molecule has 0 fully saturated rings. The smallest absolute Gasteiger partial charge is 0.425 e. The van der Waals surface area contributed by atoms with Crippen LogP contribution in [0.3, 0.4) is 0 Å². The van der Waals surface area contributed by atoms with E-state index >= 15 is 0 Å². The highest BCUT2D eigenvalue weighted by atomic mass is 19.4. The highest BCUT2D eigenvalue weighted by Gasteiger charge is 2.50. The minimum absolute atomic E-state index is 0.116. The van der Waals surface area contributed by atoms with E-state index in [1.165, 1.54) is 37.4 Å². The van der Waals surface area contributed by atoms with Crippen molar-refractivity contribution in [2.75, 3.05) is 0 Å². The Morgan fingerprint density at radius 1 is 1.37 bits per heavy atom. The van der Waals surface area contributed by atoms with E-state index in [9.17, 15) is 22.4 Å². The molecule has 1 aliphatic heterocycles. The van der Waals surface area contributed by atoms with E-state index in [1.807, 2.05) is 0 Å². The van der Waals surface area contributed by atoms with Crippen molar-refractivity contribution < 1.29 is 27.1 Å². The predicted molar refractivity (Wildman–Crippen MR) is 99.5 cm³/mol. The van der Waals surface area contributed by atoms with Gasteiger partial charge in [-0.2, -0.15) is 13.2 Å². The van der Waals surface area contributed by atoms with Gasteiger partial charge in [-0.3, -0.25) is 9.78 Å². The molecular formula is C20H16F4N4O2. The van der Waals surface area contributed by atoms with Gasteiger partial charge in [-0.15, -0.1) is 0 Å². The number of pyridine rings is 1. The first-order chi connectivity index (χ1) is 14.0. The second kappa shape index (κ2) is 7.74. The zero-order chi connectivity index (χ0) is 22.1. The van der Waals surface area contributed by atoms with Crippen LogP contribution >= 0.6 is 0 Å². The Morgan fingerprint density at radius 3 is 2.70 bits per heavy atom. The highest BCUT2D eigenvalue weighted by molar-refractivity contribution is 5.96. The molecule has 2 heterocycles. The van der Waals surface area contributed by atoms with E-state index in [4.69, 9.17) is 12.3 Å². The summed E-state index contributed by atoms with van der Waals surface area (Å²) < 4.78 is 58.6. The third-order valence-electron chi connectivity index (χ3n) is 4.71. The number of aliphatic imine (C=N–C) groups is 1. The number of benzene rings is 1. The molecule has 0 aliphatic carbocycles. The van der Waals surface area contributed by atoms with Gasteiger partial charge in [0.05, 0.1) is 12.1 Å². The van der Waals surface area contributed by atoms with E-state index in [-0.39, 0.29) is 23.4 Å². The normalized spacial score (nSPS) is 21.3. The van der Waals surface area contributed by atoms with Gasteiger partial charge < -0.3 is 10.5 Å². The molecule has 3 rings (SSSR count).